The zero-order chi connectivity index (χ0) is 15.0. The van der Waals surface area contributed by atoms with Crippen LogP contribution in [0.3, 0.4) is 0 Å². The Morgan fingerprint density at radius 2 is 1.95 bits per heavy atom. The van der Waals surface area contributed by atoms with Crippen molar-refractivity contribution in [2.24, 2.45) is 0 Å². The predicted octanol–water partition coefficient (Wildman–Crippen LogP) is 2.05. The molecule has 0 amide bonds. The highest BCUT2D eigenvalue weighted by molar-refractivity contribution is 5.51. The molecular formula is C16H24N4O. The molecule has 0 bridgehead atoms. The number of rotatable bonds is 2. The predicted molar refractivity (Wildman–Crippen MR) is 84.4 cm³/mol. The Kier molecular flexibility index (Phi) is 3.63. The summed E-state index contributed by atoms with van der Waals surface area (Å²) < 4.78 is 7.58. The van der Waals surface area contributed by atoms with Crippen LogP contribution in [0.4, 0.5) is 5.69 Å². The van der Waals surface area contributed by atoms with Crippen molar-refractivity contribution in [1.29, 1.82) is 0 Å². The molecule has 1 aliphatic rings. The summed E-state index contributed by atoms with van der Waals surface area (Å²) in [5.74, 6) is 0. The smallest absolute Gasteiger partial charge is 0.137 e. The van der Waals surface area contributed by atoms with Gasteiger partial charge in [0.05, 0.1) is 24.6 Å². The molecule has 2 aromatic rings. The molecule has 21 heavy (non-hydrogen) atoms. The Morgan fingerprint density at radius 1 is 1.24 bits per heavy atom. The van der Waals surface area contributed by atoms with Gasteiger partial charge in [0.1, 0.15) is 5.65 Å². The summed E-state index contributed by atoms with van der Waals surface area (Å²) in [4.78, 5) is 7.26. The van der Waals surface area contributed by atoms with Crippen LogP contribution in [-0.2, 0) is 16.7 Å². The molecule has 0 aliphatic carbocycles. The van der Waals surface area contributed by atoms with Gasteiger partial charge in [0.15, 0.2) is 0 Å². The molecular weight excluding hydrogens is 264 g/mol. The van der Waals surface area contributed by atoms with Gasteiger partial charge >= 0.3 is 0 Å². The third-order valence-electron chi connectivity index (χ3n) is 3.93. The molecule has 114 valence electrons. The van der Waals surface area contributed by atoms with Crippen LogP contribution >= 0.6 is 0 Å². The Balaban J connectivity index is 2.05. The fourth-order valence-corrected chi connectivity index (χ4v) is 2.83. The molecule has 1 aliphatic heterocycles. The van der Waals surface area contributed by atoms with Crippen LogP contribution in [0.1, 0.15) is 32.2 Å². The van der Waals surface area contributed by atoms with Crippen molar-refractivity contribution >= 4 is 11.3 Å². The third-order valence-corrected chi connectivity index (χ3v) is 3.93. The second-order valence-electron chi connectivity index (χ2n) is 6.74. The highest BCUT2D eigenvalue weighted by Crippen LogP contribution is 2.28. The summed E-state index contributed by atoms with van der Waals surface area (Å²) >= 11 is 0. The summed E-state index contributed by atoms with van der Waals surface area (Å²) in [5, 5.41) is 0. The third kappa shape index (κ3) is 2.89. The van der Waals surface area contributed by atoms with Gasteiger partial charge in [-0.1, -0.05) is 20.8 Å². The Morgan fingerprint density at radius 3 is 2.62 bits per heavy atom. The number of ether oxygens (including phenoxy) is 1. The lowest BCUT2D eigenvalue weighted by Gasteiger charge is -2.28. The second kappa shape index (κ2) is 5.31. The fourth-order valence-electron chi connectivity index (χ4n) is 2.83. The van der Waals surface area contributed by atoms with Crippen molar-refractivity contribution < 1.29 is 4.74 Å². The lowest BCUT2D eigenvalue weighted by atomic mass is 9.90. The van der Waals surface area contributed by atoms with Gasteiger partial charge in [-0.05, 0) is 12.1 Å². The van der Waals surface area contributed by atoms with E-state index in [4.69, 9.17) is 15.5 Å². The Labute approximate surface area is 125 Å². The van der Waals surface area contributed by atoms with Gasteiger partial charge in [0.2, 0.25) is 0 Å². The van der Waals surface area contributed by atoms with E-state index in [9.17, 15) is 0 Å². The van der Waals surface area contributed by atoms with Crippen molar-refractivity contribution in [3.05, 3.63) is 29.7 Å². The molecule has 1 fully saturated rings. The number of anilines is 1. The first-order valence-electron chi connectivity index (χ1n) is 7.52. The normalized spacial score (nSPS) is 17.5. The maximum absolute atomic E-state index is 5.96. The first-order valence-corrected chi connectivity index (χ1v) is 7.52. The molecule has 3 rings (SSSR count). The highest BCUT2D eigenvalue weighted by atomic mass is 16.5. The first-order chi connectivity index (χ1) is 9.95. The number of nitrogens with zero attached hydrogens (tertiary/aromatic N) is 3. The van der Waals surface area contributed by atoms with Gasteiger partial charge in [-0.2, -0.15) is 0 Å². The SMILES string of the molecule is CC(C)(C)c1nc2ccc(N)cn2c1CN1CCOCC1. The maximum Gasteiger partial charge on any atom is 0.137 e. The molecule has 5 heteroatoms. The van der Waals surface area contributed by atoms with E-state index in [1.807, 2.05) is 18.3 Å². The van der Waals surface area contributed by atoms with E-state index < -0.39 is 0 Å². The molecule has 0 saturated carbocycles. The van der Waals surface area contributed by atoms with Crippen LogP contribution in [0.15, 0.2) is 18.3 Å². The number of aromatic nitrogens is 2. The summed E-state index contributed by atoms with van der Waals surface area (Å²) in [6.45, 7) is 11.1. The lowest BCUT2D eigenvalue weighted by molar-refractivity contribution is 0.0333. The van der Waals surface area contributed by atoms with Gasteiger partial charge in [0.25, 0.3) is 0 Å². The molecule has 0 unspecified atom stereocenters. The van der Waals surface area contributed by atoms with Crippen LogP contribution in [0, 0.1) is 0 Å². The van der Waals surface area contributed by atoms with E-state index in [1.54, 1.807) is 0 Å². The molecule has 3 heterocycles. The molecule has 2 aromatic heterocycles. The molecule has 2 N–H and O–H groups in total. The molecule has 0 radical (unpaired) electrons. The second-order valence-corrected chi connectivity index (χ2v) is 6.74. The maximum atomic E-state index is 5.96. The number of imidazole rings is 1. The van der Waals surface area contributed by atoms with E-state index in [0.717, 1.165) is 49.9 Å². The number of hydrogen-bond donors (Lipinski definition) is 1. The quantitative estimate of drug-likeness (QED) is 0.919. The zero-order valence-corrected chi connectivity index (χ0v) is 13.1. The van der Waals surface area contributed by atoms with Crippen molar-refractivity contribution in [2.45, 2.75) is 32.7 Å². The average Bonchev–Trinajstić information content (AvgIpc) is 2.78. The number of nitrogens with two attached hydrogens (primary N) is 1. The monoisotopic (exact) mass is 288 g/mol. The van der Waals surface area contributed by atoms with Gasteiger partial charge in [0, 0.05) is 36.9 Å². The summed E-state index contributed by atoms with van der Waals surface area (Å²) in [5.41, 5.74) is 10.1. The van der Waals surface area contributed by atoms with E-state index in [-0.39, 0.29) is 5.41 Å². The minimum atomic E-state index is 0.0163. The average molecular weight is 288 g/mol. The molecule has 0 aromatic carbocycles. The number of nitrogen functional groups attached to an aromatic ring is 1. The van der Waals surface area contributed by atoms with Crippen LogP contribution in [0.5, 0.6) is 0 Å². The Hall–Kier alpha value is -1.59. The van der Waals surface area contributed by atoms with Crippen LogP contribution in [0.2, 0.25) is 0 Å². The summed E-state index contributed by atoms with van der Waals surface area (Å²) in [6.07, 6.45) is 1.98. The van der Waals surface area contributed by atoms with E-state index in [1.165, 1.54) is 5.69 Å². The van der Waals surface area contributed by atoms with Crippen molar-refractivity contribution in [3.8, 4) is 0 Å². The minimum Gasteiger partial charge on any atom is -0.398 e. The van der Waals surface area contributed by atoms with Crippen LogP contribution < -0.4 is 5.73 Å². The Bertz CT molecular complexity index is 635. The van der Waals surface area contributed by atoms with Gasteiger partial charge in [-0.3, -0.25) is 4.90 Å². The number of pyridine rings is 1. The number of hydrogen-bond acceptors (Lipinski definition) is 4. The van der Waals surface area contributed by atoms with Crippen LogP contribution in [0.25, 0.3) is 5.65 Å². The van der Waals surface area contributed by atoms with E-state index >= 15 is 0 Å². The van der Waals surface area contributed by atoms with Crippen molar-refractivity contribution in [2.75, 3.05) is 32.0 Å². The van der Waals surface area contributed by atoms with Crippen LogP contribution in [-0.4, -0.2) is 40.6 Å². The summed E-state index contributed by atoms with van der Waals surface area (Å²) in [7, 11) is 0. The molecule has 1 saturated heterocycles. The van der Waals surface area contributed by atoms with Gasteiger partial charge in [-0.15, -0.1) is 0 Å². The van der Waals surface area contributed by atoms with Gasteiger partial charge < -0.3 is 14.9 Å². The molecule has 0 atom stereocenters. The minimum absolute atomic E-state index is 0.0163. The van der Waals surface area contributed by atoms with E-state index in [0.29, 0.717) is 0 Å². The number of fused-ring (bicyclic) bond motifs is 1. The zero-order valence-electron chi connectivity index (χ0n) is 13.1. The number of morpholine rings is 1. The standard InChI is InChI=1S/C16H24N4O/c1-16(2,3)15-13(11-19-6-8-21-9-7-19)20-10-12(17)4-5-14(20)18-15/h4-5,10H,6-9,11,17H2,1-3H3. The molecule has 5 nitrogen and oxygen atoms in total. The highest BCUT2D eigenvalue weighted by Gasteiger charge is 2.25. The topological polar surface area (TPSA) is 55.8 Å². The lowest BCUT2D eigenvalue weighted by Crippen LogP contribution is -2.36. The first kappa shape index (κ1) is 14.4. The van der Waals surface area contributed by atoms with E-state index in [2.05, 4.69) is 30.1 Å². The largest absolute Gasteiger partial charge is 0.398 e. The fraction of sp³-hybridized carbons (Fsp3) is 0.562. The van der Waals surface area contributed by atoms with Crippen molar-refractivity contribution in [3.63, 3.8) is 0 Å². The summed E-state index contributed by atoms with van der Waals surface area (Å²) in [6, 6.07) is 3.90. The molecule has 0 spiro atoms. The van der Waals surface area contributed by atoms with Crippen molar-refractivity contribution in [1.82, 2.24) is 14.3 Å². The van der Waals surface area contributed by atoms with Gasteiger partial charge in [-0.25, -0.2) is 4.98 Å².